The summed E-state index contributed by atoms with van der Waals surface area (Å²) < 4.78 is 0.993. The zero-order valence-electron chi connectivity index (χ0n) is 12.0. The Morgan fingerprint density at radius 1 is 1.00 bits per heavy atom. The lowest BCUT2D eigenvalue weighted by molar-refractivity contribution is -0.120. The van der Waals surface area contributed by atoms with Crippen molar-refractivity contribution in [3.05, 3.63) is 69.7 Å². The average molecular weight is 347 g/mol. The number of nitrogens with one attached hydrogen (secondary N) is 2. The van der Waals surface area contributed by atoms with Crippen LogP contribution in [0.4, 0.5) is 0 Å². The van der Waals surface area contributed by atoms with Gasteiger partial charge in [-0.25, -0.2) is 0 Å². The van der Waals surface area contributed by atoms with Crippen LogP contribution in [0.5, 0.6) is 0 Å². The van der Waals surface area contributed by atoms with Crippen molar-refractivity contribution in [2.24, 2.45) is 0 Å². The van der Waals surface area contributed by atoms with E-state index in [1.54, 1.807) is 0 Å². The van der Waals surface area contributed by atoms with E-state index in [4.69, 9.17) is 0 Å². The summed E-state index contributed by atoms with van der Waals surface area (Å²) in [7, 11) is 1.93. The lowest BCUT2D eigenvalue weighted by Crippen LogP contribution is -2.24. The number of hydrogen-bond acceptors (Lipinski definition) is 2. The maximum absolute atomic E-state index is 11.9. The van der Waals surface area contributed by atoms with Crippen LogP contribution in [0.15, 0.2) is 53.0 Å². The molecular formula is C17H19BrN2O. The molecule has 0 aliphatic heterocycles. The molecule has 2 rings (SSSR count). The Bertz CT molecular complexity index is 596. The Kier molecular flexibility index (Phi) is 5.96. The van der Waals surface area contributed by atoms with Crippen molar-refractivity contribution >= 4 is 21.8 Å². The number of rotatable bonds is 6. The van der Waals surface area contributed by atoms with Crippen molar-refractivity contribution in [2.45, 2.75) is 19.5 Å². The summed E-state index contributed by atoms with van der Waals surface area (Å²) in [6.07, 6.45) is 0.400. The van der Waals surface area contributed by atoms with Gasteiger partial charge in [0.25, 0.3) is 0 Å². The van der Waals surface area contributed by atoms with Crippen molar-refractivity contribution in [1.29, 1.82) is 0 Å². The van der Waals surface area contributed by atoms with Crippen LogP contribution >= 0.6 is 15.9 Å². The Hall–Kier alpha value is -1.65. The van der Waals surface area contributed by atoms with Gasteiger partial charge in [0.2, 0.25) is 5.91 Å². The van der Waals surface area contributed by atoms with Crippen molar-refractivity contribution in [2.75, 3.05) is 7.05 Å². The Morgan fingerprint density at radius 3 is 2.29 bits per heavy atom. The number of halogens is 1. The first-order valence-corrected chi connectivity index (χ1v) is 7.70. The second-order valence-corrected chi connectivity index (χ2v) is 5.85. The van der Waals surface area contributed by atoms with Crippen molar-refractivity contribution in [3.8, 4) is 0 Å². The maximum Gasteiger partial charge on any atom is 0.224 e. The third-order valence-electron chi connectivity index (χ3n) is 3.15. The average Bonchev–Trinajstić information content (AvgIpc) is 2.47. The molecule has 0 radical (unpaired) electrons. The second kappa shape index (κ2) is 7.96. The Balaban J connectivity index is 1.83. The molecule has 0 fully saturated rings. The minimum atomic E-state index is 0.0346. The van der Waals surface area contributed by atoms with Gasteiger partial charge >= 0.3 is 0 Å². The van der Waals surface area contributed by atoms with E-state index in [-0.39, 0.29) is 5.91 Å². The first-order valence-electron chi connectivity index (χ1n) is 6.91. The maximum atomic E-state index is 11.9. The summed E-state index contributed by atoms with van der Waals surface area (Å²) in [6.45, 7) is 1.42. The molecule has 4 heteroatoms. The predicted octanol–water partition coefficient (Wildman–Crippen LogP) is 3.03. The van der Waals surface area contributed by atoms with Crippen molar-refractivity contribution in [3.63, 3.8) is 0 Å². The molecule has 0 spiro atoms. The Labute approximate surface area is 133 Å². The third-order valence-corrected chi connectivity index (χ3v) is 3.64. The fourth-order valence-corrected chi connectivity index (χ4v) is 2.52. The molecular weight excluding hydrogens is 328 g/mol. The molecule has 0 heterocycles. The molecule has 0 atom stereocenters. The van der Waals surface area contributed by atoms with Gasteiger partial charge in [-0.2, -0.15) is 0 Å². The van der Waals surface area contributed by atoms with Crippen molar-refractivity contribution in [1.82, 2.24) is 10.6 Å². The highest BCUT2D eigenvalue weighted by atomic mass is 79.9. The van der Waals surface area contributed by atoms with Gasteiger partial charge in [-0.3, -0.25) is 4.79 Å². The summed E-state index contributed by atoms with van der Waals surface area (Å²) in [5, 5.41) is 6.06. The summed E-state index contributed by atoms with van der Waals surface area (Å²) >= 11 is 3.41. The van der Waals surface area contributed by atoms with E-state index in [1.807, 2.05) is 43.4 Å². The molecule has 2 aromatic rings. The van der Waals surface area contributed by atoms with Gasteiger partial charge in [0.15, 0.2) is 0 Å². The summed E-state index contributed by atoms with van der Waals surface area (Å²) in [5.41, 5.74) is 3.35. The second-order valence-electron chi connectivity index (χ2n) is 4.93. The first kappa shape index (κ1) is 15.7. The van der Waals surface area contributed by atoms with E-state index in [0.717, 1.165) is 22.1 Å². The molecule has 0 saturated heterocycles. The van der Waals surface area contributed by atoms with E-state index < -0.39 is 0 Å². The van der Waals surface area contributed by atoms with E-state index >= 15 is 0 Å². The highest BCUT2D eigenvalue weighted by molar-refractivity contribution is 9.10. The smallest absolute Gasteiger partial charge is 0.224 e. The van der Waals surface area contributed by atoms with Crippen LogP contribution in [0, 0.1) is 0 Å². The third kappa shape index (κ3) is 5.33. The normalized spacial score (nSPS) is 10.4. The minimum absolute atomic E-state index is 0.0346. The summed E-state index contributed by atoms with van der Waals surface area (Å²) in [6, 6.07) is 16.1. The van der Waals surface area contributed by atoms with Gasteiger partial charge in [0.05, 0.1) is 6.42 Å². The van der Waals surface area contributed by atoms with Crippen LogP contribution in [-0.4, -0.2) is 13.0 Å². The summed E-state index contributed by atoms with van der Waals surface area (Å²) in [4.78, 5) is 11.9. The molecule has 0 unspecified atom stereocenters. The SMILES string of the molecule is CNCc1ccc(CNC(=O)Cc2cccc(Br)c2)cc1. The number of benzene rings is 2. The zero-order valence-corrected chi connectivity index (χ0v) is 13.6. The number of carbonyl (C=O) groups is 1. The number of amides is 1. The molecule has 1 amide bonds. The molecule has 0 aliphatic carbocycles. The van der Waals surface area contributed by atoms with Crippen LogP contribution < -0.4 is 10.6 Å². The van der Waals surface area contributed by atoms with Crippen molar-refractivity contribution < 1.29 is 4.79 Å². The monoisotopic (exact) mass is 346 g/mol. The minimum Gasteiger partial charge on any atom is -0.352 e. The van der Waals surface area contributed by atoms with Crippen LogP contribution in [-0.2, 0) is 24.3 Å². The zero-order chi connectivity index (χ0) is 15.1. The highest BCUT2D eigenvalue weighted by Crippen LogP contribution is 2.12. The van der Waals surface area contributed by atoms with Gasteiger partial charge in [0.1, 0.15) is 0 Å². The largest absolute Gasteiger partial charge is 0.352 e. The number of carbonyl (C=O) groups excluding carboxylic acids is 1. The van der Waals surface area contributed by atoms with E-state index in [1.165, 1.54) is 5.56 Å². The van der Waals surface area contributed by atoms with Crippen LogP contribution in [0.1, 0.15) is 16.7 Å². The van der Waals surface area contributed by atoms with Crippen LogP contribution in [0.25, 0.3) is 0 Å². The Morgan fingerprint density at radius 2 is 1.67 bits per heavy atom. The topological polar surface area (TPSA) is 41.1 Å². The molecule has 21 heavy (non-hydrogen) atoms. The van der Waals surface area contributed by atoms with Crippen LogP contribution in [0.3, 0.4) is 0 Å². The highest BCUT2D eigenvalue weighted by Gasteiger charge is 2.04. The molecule has 0 saturated carbocycles. The van der Waals surface area contributed by atoms with Gasteiger partial charge in [-0.05, 0) is 35.9 Å². The van der Waals surface area contributed by atoms with E-state index in [2.05, 4.69) is 38.7 Å². The molecule has 2 N–H and O–H groups in total. The van der Waals surface area contributed by atoms with Gasteiger partial charge in [-0.15, -0.1) is 0 Å². The fraction of sp³-hybridized carbons (Fsp3) is 0.235. The molecule has 0 aromatic heterocycles. The van der Waals surface area contributed by atoms with Gasteiger partial charge in [-0.1, -0.05) is 52.3 Å². The molecule has 0 aliphatic rings. The lowest BCUT2D eigenvalue weighted by Gasteiger charge is -2.07. The quantitative estimate of drug-likeness (QED) is 0.843. The first-order chi connectivity index (χ1) is 10.2. The summed E-state index contributed by atoms with van der Waals surface area (Å²) in [5.74, 6) is 0.0346. The van der Waals surface area contributed by atoms with E-state index in [9.17, 15) is 4.79 Å². The van der Waals surface area contributed by atoms with Gasteiger partial charge in [0, 0.05) is 17.6 Å². The van der Waals surface area contributed by atoms with Gasteiger partial charge < -0.3 is 10.6 Å². The number of hydrogen-bond donors (Lipinski definition) is 2. The fourth-order valence-electron chi connectivity index (χ4n) is 2.07. The standard InChI is InChI=1S/C17H19BrN2O/c1-19-11-13-5-7-14(8-6-13)12-20-17(21)10-15-3-2-4-16(18)9-15/h2-9,19H,10-12H2,1H3,(H,20,21). The molecule has 2 aromatic carbocycles. The van der Waals surface area contributed by atoms with Crippen LogP contribution in [0.2, 0.25) is 0 Å². The molecule has 0 bridgehead atoms. The molecule has 3 nitrogen and oxygen atoms in total. The predicted molar refractivity (Wildman–Crippen MR) is 88.9 cm³/mol. The molecule has 110 valence electrons. The van der Waals surface area contributed by atoms with E-state index in [0.29, 0.717) is 13.0 Å². The lowest BCUT2D eigenvalue weighted by atomic mass is 10.1.